The average molecular weight is 215 g/mol. The summed E-state index contributed by atoms with van der Waals surface area (Å²) >= 11 is 0. The lowest BCUT2D eigenvalue weighted by Crippen LogP contribution is -2.60. The summed E-state index contributed by atoms with van der Waals surface area (Å²) in [6, 6.07) is 0. The second-order valence-electron chi connectivity index (χ2n) is 4.83. The first-order valence-corrected chi connectivity index (χ1v) is 5.80. The van der Waals surface area contributed by atoms with Crippen molar-refractivity contribution in [2.45, 2.75) is 31.3 Å². The Morgan fingerprint density at radius 1 is 1.07 bits per heavy atom. The Balaban J connectivity index is 2.15. The fraction of sp³-hybridized carbons (Fsp3) is 1.00. The molecular weight excluding hydrogens is 194 g/mol. The maximum atomic E-state index is 10.7. The molecule has 0 saturated carbocycles. The molecular formula is C11H21NO3. The maximum absolute atomic E-state index is 10.7. The van der Waals surface area contributed by atoms with Gasteiger partial charge in [0, 0.05) is 25.2 Å². The highest BCUT2D eigenvalue weighted by Gasteiger charge is 2.51. The van der Waals surface area contributed by atoms with Gasteiger partial charge in [0.15, 0.2) is 0 Å². The zero-order valence-electron chi connectivity index (χ0n) is 9.21. The Labute approximate surface area is 90.7 Å². The monoisotopic (exact) mass is 215 g/mol. The molecule has 2 aliphatic heterocycles. The number of ether oxygens (including phenoxy) is 2. The zero-order valence-corrected chi connectivity index (χ0v) is 9.21. The first-order chi connectivity index (χ1) is 7.22. The van der Waals surface area contributed by atoms with Crippen LogP contribution in [0.1, 0.15) is 25.7 Å². The summed E-state index contributed by atoms with van der Waals surface area (Å²) in [6.07, 6.45) is 3.63. The summed E-state index contributed by atoms with van der Waals surface area (Å²) in [5, 5.41) is 10.7. The van der Waals surface area contributed by atoms with Gasteiger partial charge >= 0.3 is 0 Å². The highest BCUT2D eigenvalue weighted by Crippen LogP contribution is 2.42. The Hall–Kier alpha value is -0.160. The van der Waals surface area contributed by atoms with Crippen LogP contribution in [0.4, 0.5) is 0 Å². The standard InChI is InChI=1S/C11H21NO3/c12-7-10(3-1-5-14-8-10)11(13)4-2-6-15-9-11/h13H,1-9,12H2. The molecule has 2 rings (SSSR count). The van der Waals surface area contributed by atoms with Crippen molar-refractivity contribution in [3.8, 4) is 0 Å². The minimum absolute atomic E-state index is 0.286. The summed E-state index contributed by atoms with van der Waals surface area (Å²) in [4.78, 5) is 0. The number of hydrogen-bond acceptors (Lipinski definition) is 4. The smallest absolute Gasteiger partial charge is 0.0970 e. The number of nitrogens with two attached hydrogens (primary N) is 1. The van der Waals surface area contributed by atoms with Crippen molar-refractivity contribution in [3.05, 3.63) is 0 Å². The molecule has 0 aromatic heterocycles. The van der Waals surface area contributed by atoms with Crippen LogP contribution in [0.5, 0.6) is 0 Å². The maximum Gasteiger partial charge on any atom is 0.0970 e. The van der Waals surface area contributed by atoms with Crippen molar-refractivity contribution in [2.75, 3.05) is 33.0 Å². The van der Waals surface area contributed by atoms with Crippen LogP contribution in [0.15, 0.2) is 0 Å². The Bertz CT molecular complexity index is 208. The van der Waals surface area contributed by atoms with Crippen molar-refractivity contribution in [1.29, 1.82) is 0 Å². The molecule has 15 heavy (non-hydrogen) atoms. The molecule has 2 fully saturated rings. The molecule has 0 amide bonds. The van der Waals surface area contributed by atoms with Crippen LogP contribution >= 0.6 is 0 Å². The second-order valence-corrected chi connectivity index (χ2v) is 4.83. The van der Waals surface area contributed by atoms with Crippen LogP contribution in [0, 0.1) is 5.41 Å². The van der Waals surface area contributed by atoms with Crippen LogP contribution < -0.4 is 5.73 Å². The van der Waals surface area contributed by atoms with Crippen molar-refractivity contribution in [2.24, 2.45) is 11.1 Å². The molecule has 2 unspecified atom stereocenters. The predicted octanol–water partition coefficient (Wildman–Crippen LogP) is 0.283. The molecule has 4 nitrogen and oxygen atoms in total. The second kappa shape index (κ2) is 4.37. The van der Waals surface area contributed by atoms with E-state index in [4.69, 9.17) is 15.2 Å². The molecule has 88 valence electrons. The van der Waals surface area contributed by atoms with Crippen LogP contribution in [0.3, 0.4) is 0 Å². The van der Waals surface area contributed by atoms with E-state index < -0.39 is 5.60 Å². The third-order valence-electron chi connectivity index (χ3n) is 3.92. The van der Waals surface area contributed by atoms with E-state index in [1.54, 1.807) is 0 Å². The van der Waals surface area contributed by atoms with Crippen molar-refractivity contribution >= 4 is 0 Å². The van der Waals surface area contributed by atoms with Crippen LogP contribution in [-0.2, 0) is 9.47 Å². The molecule has 0 bridgehead atoms. The van der Waals surface area contributed by atoms with Gasteiger partial charge in [-0.2, -0.15) is 0 Å². The van der Waals surface area contributed by atoms with Gasteiger partial charge in [-0.3, -0.25) is 0 Å². The fourth-order valence-electron chi connectivity index (χ4n) is 2.77. The molecule has 0 radical (unpaired) electrons. The van der Waals surface area contributed by atoms with Crippen LogP contribution in [-0.4, -0.2) is 43.7 Å². The Morgan fingerprint density at radius 2 is 1.73 bits per heavy atom. The minimum Gasteiger partial charge on any atom is -0.387 e. The number of aliphatic hydroxyl groups is 1. The van der Waals surface area contributed by atoms with Gasteiger partial charge in [0.2, 0.25) is 0 Å². The molecule has 2 aliphatic rings. The van der Waals surface area contributed by atoms with Gasteiger partial charge in [-0.15, -0.1) is 0 Å². The quantitative estimate of drug-likeness (QED) is 0.694. The summed E-state index contributed by atoms with van der Waals surface area (Å²) in [5.41, 5.74) is 4.80. The van der Waals surface area contributed by atoms with Gasteiger partial charge in [-0.05, 0) is 25.7 Å². The van der Waals surface area contributed by atoms with Crippen molar-refractivity contribution < 1.29 is 14.6 Å². The van der Waals surface area contributed by atoms with Gasteiger partial charge in [-0.25, -0.2) is 0 Å². The third-order valence-corrected chi connectivity index (χ3v) is 3.92. The molecule has 0 aromatic rings. The van der Waals surface area contributed by atoms with Crippen LogP contribution in [0.2, 0.25) is 0 Å². The third kappa shape index (κ3) is 1.91. The summed E-state index contributed by atoms with van der Waals surface area (Å²) in [7, 11) is 0. The number of rotatable bonds is 2. The molecule has 0 spiro atoms. The van der Waals surface area contributed by atoms with Crippen LogP contribution in [0.25, 0.3) is 0 Å². The normalized spacial score (nSPS) is 42.8. The Kier molecular flexibility index (Phi) is 3.30. The minimum atomic E-state index is -0.777. The van der Waals surface area contributed by atoms with E-state index in [2.05, 4.69) is 0 Å². The van der Waals surface area contributed by atoms with E-state index in [0.717, 1.165) is 38.9 Å². The van der Waals surface area contributed by atoms with E-state index >= 15 is 0 Å². The van der Waals surface area contributed by atoms with E-state index in [-0.39, 0.29) is 5.41 Å². The zero-order chi connectivity index (χ0) is 10.8. The fourth-order valence-corrected chi connectivity index (χ4v) is 2.77. The molecule has 0 aliphatic carbocycles. The van der Waals surface area contributed by atoms with Gasteiger partial charge in [-0.1, -0.05) is 0 Å². The largest absolute Gasteiger partial charge is 0.387 e. The van der Waals surface area contributed by atoms with Gasteiger partial charge in [0.1, 0.15) is 0 Å². The van der Waals surface area contributed by atoms with E-state index in [0.29, 0.717) is 19.8 Å². The van der Waals surface area contributed by atoms with Crippen molar-refractivity contribution in [3.63, 3.8) is 0 Å². The first-order valence-electron chi connectivity index (χ1n) is 5.80. The van der Waals surface area contributed by atoms with Gasteiger partial charge in [0.05, 0.1) is 18.8 Å². The highest BCUT2D eigenvalue weighted by atomic mass is 16.5. The van der Waals surface area contributed by atoms with E-state index in [9.17, 15) is 5.11 Å². The molecule has 0 aromatic carbocycles. The average Bonchev–Trinajstić information content (AvgIpc) is 2.31. The first kappa shape index (κ1) is 11.3. The van der Waals surface area contributed by atoms with Gasteiger partial charge in [0.25, 0.3) is 0 Å². The topological polar surface area (TPSA) is 64.7 Å². The molecule has 4 heteroatoms. The molecule has 2 saturated heterocycles. The lowest BCUT2D eigenvalue weighted by molar-refractivity contribution is -0.193. The molecule has 2 heterocycles. The van der Waals surface area contributed by atoms with Gasteiger partial charge < -0.3 is 20.3 Å². The van der Waals surface area contributed by atoms with Crippen molar-refractivity contribution in [1.82, 2.24) is 0 Å². The lowest BCUT2D eigenvalue weighted by Gasteiger charge is -2.50. The Morgan fingerprint density at radius 3 is 2.20 bits per heavy atom. The van der Waals surface area contributed by atoms with E-state index in [1.807, 2.05) is 0 Å². The predicted molar refractivity (Wildman–Crippen MR) is 56.5 cm³/mol. The highest BCUT2D eigenvalue weighted by molar-refractivity contribution is 5.02. The lowest BCUT2D eigenvalue weighted by atomic mass is 9.66. The summed E-state index contributed by atoms with van der Waals surface area (Å²) in [5.74, 6) is 0. The summed E-state index contributed by atoms with van der Waals surface area (Å²) < 4.78 is 10.9. The van der Waals surface area contributed by atoms with E-state index in [1.165, 1.54) is 0 Å². The summed E-state index contributed by atoms with van der Waals surface area (Å²) in [6.45, 7) is 3.01. The molecule has 3 N–H and O–H groups in total. The number of hydrogen-bond donors (Lipinski definition) is 2. The molecule has 2 atom stereocenters. The SMILES string of the molecule is NCC1(C2(O)CCCOC2)CCCOC1.